The monoisotopic (exact) mass is 500 g/mol. The Kier molecular flexibility index (Phi) is 11.0. The van der Waals surface area contributed by atoms with Gasteiger partial charge >= 0.3 is 5.92 Å². The van der Waals surface area contributed by atoms with Gasteiger partial charge in [0.15, 0.2) is 0 Å². The lowest BCUT2D eigenvalue weighted by Crippen LogP contribution is -2.66. The fraction of sp³-hybridized carbons (Fsp3) is 0.500. The highest BCUT2D eigenvalue weighted by Gasteiger charge is 2.50. The summed E-state index contributed by atoms with van der Waals surface area (Å²) in [6.45, 7) is 12.0. The van der Waals surface area contributed by atoms with Crippen molar-refractivity contribution >= 4 is 24.5 Å². The van der Waals surface area contributed by atoms with Crippen molar-refractivity contribution < 1.29 is 18.0 Å². The molecule has 0 aliphatic heterocycles. The van der Waals surface area contributed by atoms with E-state index in [1.807, 2.05) is 60.7 Å². The number of carbonyl (C=O) groups is 1. The molecule has 0 aliphatic carbocycles. The smallest absolute Gasteiger partial charge is 0.326 e. The van der Waals surface area contributed by atoms with Crippen LogP contribution in [0.4, 0.5) is 8.78 Å². The number of rotatable bonds is 15. The van der Waals surface area contributed by atoms with Gasteiger partial charge in [0.25, 0.3) is 8.32 Å². The van der Waals surface area contributed by atoms with E-state index in [2.05, 4.69) is 34.3 Å². The van der Waals surface area contributed by atoms with Gasteiger partial charge in [0.05, 0.1) is 0 Å². The van der Waals surface area contributed by atoms with Crippen LogP contribution in [0.15, 0.2) is 72.8 Å². The number of allylic oxidation sites excluding steroid dienone is 1. The minimum Gasteiger partial charge on any atom is -0.407 e. The van der Waals surface area contributed by atoms with Gasteiger partial charge in [0.1, 0.15) is 0 Å². The molecule has 2 nitrogen and oxygen atoms in total. The molecule has 0 fully saturated rings. The van der Waals surface area contributed by atoms with Gasteiger partial charge in [-0.1, -0.05) is 127 Å². The fourth-order valence-electron chi connectivity index (χ4n) is 4.69. The van der Waals surface area contributed by atoms with Gasteiger partial charge in [-0.3, -0.25) is 4.79 Å². The van der Waals surface area contributed by atoms with Gasteiger partial charge in [-0.2, -0.15) is 8.78 Å². The van der Waals surface area contributed by atoms with Crippen molar-refractivity contribution in [2.24, 2.45) is 0 Å². The molecular weight excluding hydrogens is 458 g/mol. The molecule has 2 rings (SSSR count). The Hall–Kier alpha value is -2.11. The van der Waals surface area contributed by atoms with Crippen LogP contribution in [-0.2, 0) is 9.22 Å². The summed E-state index contributed by atoms with van der Waals surface area (Å²) in [5.41, 5.74) is -0.275. The number of hydrogen-bond donors (Lipinski definition) is 0. The molecule has 0 radical (unpaired) electrons. The molecule has 0 aromatic heterocycles. The summed E-state index contributed by atoms with van der Waals surface area (Å²) in [6.07, 6.45) is 5.85. The van der Waals surface area contributed by atoms with Crippen LogP contribution < -0.4 is 10.4 Å². The van der Waals surface area contributed by atoms with Crippen molar-refractivity contribution in [2.45, 2.75) is 90.0 Å². The van der Waals surface area contributed by atoms with Crippen LogP contribution in [0, 0.1) is 0 Å². The van der Waals surface area contributed by atoms with Crippen LogP contribution in [0.2, 0.25) is 5.04 Å². The molecule has 0 N–H and O–H groups in total. The number of Topliss-reactive ketones (excluding diaryl/α,β-unsaturated/α-hetero) is 1. The third-order valence-corrected chi connectivity index (χ3v) is 11.7. The number of ketones is 1. The molecule has 2 aromatic rings. The highest BCUT2D eigenvalue weighted by molar-refractivity contribution is 6.99. The molecule has 0 heterocycles. The lowest BCUT2D eigenvalue weighted by Gasteiger charge is -2.43. The zero-order valence-electron chi connectivity index (χ0n) is 21.9. The Balaban J connectivity index is 2.12. The van der Waals surface area contributed by atoms with Crippen molar-refractivity contribution in [2.75, 3.05) is 6.61 Å². The molecule has 0 saturated carbocycles. The molecular formula is C30H42F2O2Si. The molecule has 0 saturated heterocycles. The van der Waals surface area contributed by atoms with Gasteiger partial charge in [0.2, 0.25) is 5.78 Å². The maximum Gasteiger partial charge on any atom is 0.326 e. The van der Waals surface area contributed by atoms with E-state index in [1.54, 1.807) is 0 Å². The SMILES string of the molecule is C=C(CCCCCCCC)C(F)(F)C(=O)CCO[Si](c1ccccc1)(c1ccccc1)C(C)(C)C. The van der Waals surface area contributed by atoms with Crippen LogP contribution >= 0.6 is 0 Å². The molecule has 0 bridgehead atoms. The zero-order chi connectivity index (χ0) is 26.0. The average molecular weight is 501 g/mol. The normalized spacial score (nSPS) is 12.5. The second-order valence-corrected chi connectivity index (χ2v) is 14.7. The van der Waals surface area contributed by atoms with Crippen LogP contribution in [0.1, 0.15) is 79.1 Å². The van der Waals surface area contributed by atoms with Gasteiger partial charge in [-0.15, -0.1) is 0 Å². The molecule has 0 aliphatic rings. The van der Waals surface area contributed by atoms with Crippen molar-refractivity contribution in [3.05, 3.63) is 72.8 Å². The summed E-state index contributed by atoms with van der Waals surface area (Å²) in [5.74, 6) is -4.62. The standard InChI is InChI=1S/C30H42F2O2Si/c1-6-7-8-9-10-13-18-25(2)30(31,32)28(33)23-24-34-35(29(3,4)5,26-19-14-11-15-20-26)27-21-16-12-17-22-27/h11-12,14-17,19-22H,2,6-10,13,18,23-24H2,1,3-5H3. The van der Waals surface area contributed by atoms with E-state index in [-0.39, 0.29) is 30.1 Å². The summed E-state index contributed by atoms with van der Waals surface area (Å²) < 4.78 is 36.3. The van der Waals surface area contributed by atoms with E-state index < -0.39 is 20.0 Å². The minimum atomic E-state index is -3.52. The maximum atomic E-state index is 14.8. The van der Waals surface area contributed by atoms with E-state index in [4.69, 9.17) is 4.43 Å². The van der Waals surface area contributed by atoms with Gasteiger partial charge < -0.3 is 4.43 Å². The predicted molar refractivity (Wildman–Crippen MR) is 145 cm³/mol. The van der Waals surface area contributed by atoms with Gasteiger partial charge in [0, 0.05) is 13.0 Å². The summed E-state index contributed by atoms with van der Waals surface area (Å²) in [7, 11) is -2.86. The maximum absolute atomic E-state index is 14.8. The first kappa shape index (κ1) is 29.1. The van der Waals surface area contributed by atoms with E-state index in [1.165, 1.54) is 6.42 Å². The zero-order valence-corrected chi connectivity index (χ0v) is 22.9. The van der Waals surface area contributed by atoms with Crippen LogP contribution in [-0.4, -0.2) is 26.6 Å². The van der Waals surface area contributed by atoms with Gasteiger partial charge in [-0.05, 0) is 33.8 Å². The number of hydrogen-bond acceptors (Lipinski definition) is 2. The number of benzene rings is 2. The Morgan fingerprint density at radius 3 is 1.80 bits per heavy atom. The Morgan fingerprint density at radius 2 is 1.31 bits per heavy atom. The molecule has 2 aromatic carbocycles. The first-order chi connectivity index (χ1) is 16.6. The Labute approximate surface area is 211 Å². The van der Waals surface area contributed by atoms with E-state index in [9.17, 15) is 13.6 Å². The van der Waals surface area contributed by atoms with E-state index >= 15 is 0 Å². The van der Waals surface area contributed by atoms with Crippen molar-refractivity contribution in [3.8, 4) is 0 Å². The van der Waals surface area contributed by atoms with Crippen molar-refractivity contribution in [1.82, 2.24) is 0 Å². The Morgan fingerprint density at radius 1 is 0.829 bits per heavy atom. The number of carbonyl (C=O) groups excluding carboxylic acids is 1. The molecule has 0 atom stereocenters. The fourth-order valence-corrected chi connectivity index (χ4v) is 9.25. The first-order valence-electron chi connectivity index (χ1n) is 12.9. The van der Waals surface area contributed by atoms with Gasteiger partial charge in [-0.25, -0.2) is 0 Å². The highest BCUT2D eigenvalue weighted by atomic mass is 28.4. The molecule has 0 spiro atoms. The minimum absolute atomic E-state index is 0.0496. The lowest BCUT2D eigenvalue weighted by atomic mass is 9.98. The summed E-state index contributed by atoms with van der Waals surface area (Å²) in [6, 6.07) is 20.0. The third kappa shape index (κ3) is 7.44. The lowest BCUT2D eigenvalue weighted by molar-refractivity contribution is -0.139. The van der Waals surface area contributed by atoms with Crippen molar-refractivity contribution in [1.29, 1.82) is 0 Å². The third-order valence-electron chi connectivity index (χ3n) is 6.69. The summed E-state index contributed by atoms with van der Waals surface area (Å²) in [4.78, 5) is 12.6. The summed E-state index contributed by atoms with van der Waals surface area (Å²) >= 11 is 0. The second kappa shape index (κ2) is 13.3. The predicted octanol–water partition coefficient (Wildman–Crippen LogP) is 7.46. The Bertz CT molecular complexity index is 881. The number of alkyl halides is 2. The molecule has 35 heavy (non-hydrogen) atoms. The highest BCUT2D eigenvalue weighted by Crippen LogP contribution is 2.37. The van der Waals surface area contributed by atoms with Crippen LogP contribution in [0.3, 0.4) is 0 Å². The van der Waals surface area contributed by atoms with E-state index in [0.29, 0.717) is 6.42 Å². The molecule has 192 valence electrons. The largest absolute Gasteiger partial charge is 0.407 e. The van der Waals surface area contributed by atoms with Crippen LogP contribution in [0.25, 0.3) is 0 Å². The quantitative estimate of drug-likeness (QED) is 0.144. The first-order valence-corrected chi connectivity index (χ1v) is 14.8. The van der Waals surface area contributed by atoms with Crippen LogP contribution in [0.5, 0.6) is 0 Å². The van der Waals surface area contributed by atoms with Crippen molar-refractivity contribution in [3.63, 3.8) is 0 Å². The molecule has 0 amide bonds. The molecule has 5 heteroatoms. The molecule has 0 unspecified atom stereocenters. The second-order valence-electron chi connectivity index (χ2n) is 10.4. The average Bonchev–Trinajstić information content (AvgIpc) is 2.84. The summed E-state index contributed by atoms with van der Waals surface area (Å²) in [5, 5.41) is 1.85. The topological polar surface area (TPSA) is 26.3 Å². The van der Waals surface area contributed by atoms with E-state index in [0.717, 1.165) is 36.1 Å². The number of unbranched alkanes of at least 4 members (excludes halogenated alkanes) is 5. The number of halogens is 2.